The summed E-state index contributed by atoms with van der Waals surface area (Å²) in [5, 5.41) is 3.30. The highest BCUT2D eigenvalue weighted by molar-refractivity contribution is 5.79. The van der Waals surface area contributed by atoms with Crippen molar-refractivity contribution < 1.29 is 9.53 Å². The first-order valence-electron chi connectivity index (χ1n) is 11.1. The summed E-state index contributed by atoms with van der Waals surface area (Å²) in [6.45, 7) is 4.98. The Balaban J connectivity index is 1.40. The van der Waals surface area contributed by atoms with Gasteiger partial charge in [-0.1, -0.05) is 12.8 Å². The lowest BCUT2D eigenvalue weighted by Crippen LogP contribution is -2.49. The minimum atomic E-state index is -0.00985. The molecule has 1 N–H and O–H groups in total. The van der Waals surface area contributed by atoms with E-state index in [-0.39, 0.29) is 11.8 Å². The van der Waals surface area contributed by atoms with E-state index in [1.807, 2.05) is 43.1 Å². The van der Waals surface area contributed by atoms with Crippen LogP contribution in [0.3, 0.4) is 0 Å². The van der Waals surface area contributed by atoms with Gasteiger partial charge in [0.2, 0.25) is 5.91 Å². The number of nitrogens with zero attached hydrogens (tertiary/aromatic N) is 4. The Hall–Kier alpha value is -2.41. The van der Waals surface area contributed by atoms with Crippen molar-refractivity contribution in [2.24, 2.45) is 18.9 Å². The van der Waals surface area contributed by atoms with Gasteiger partial charge in [-0.3, -0.25) is 14.7 Å². The van der Waals surface area contributed by atoms with Gasteiger partial charge in [-0.25, -0.2) is 4.98 Å². The standard InChI is InChI=1S/C23H33N5O2/c1-17-7-8-21(12-25-17)30-16-18-11-19(23(29)26-20-5-3-4-6-20)14-28(13-18)15-22-24-9-10-27(22)2/h7-10,12,18-20H,3-6,11,13-16H2,1-2H3,(H,26,29)/t18-,19+/m0/s1. The van der Waals surface area contributed by atoms with Gasteiger partial charge >= 0.3 is 0 Å². The Bertz CT molecular complexity index is 828. The summed E-state index contributed by atoms with van der Waals surface area (Å²) in [6.07, 6.45) is 11.1. The van der Waals surface area contributed by atoms with E-state index in [1.165, 1.54) is 12.8 Å². The van der Waals surface area contributed by atoms with Crippen LogP contribution in [0.2, 0.25) is 0 Å². The van der Waals surface area contributed by atoms with Gasteiger partial charge in [0.15, 0.2) is 0 Å². The van der Waals surface area contributed by atoms with Crippen LogP contribution in [0.25, 0.3) is 0 Å². The van der Waals surface area contributed by atoms with E-state index in [0.29, 0.717) is 18.6 Å². The minimum absolute atomic E-state index is 0.00985. The fourth-order valence-electron chi connectivity index (χ4n) is 4.63. The smallest absolute Gasteiger partial charge is 0.224 e. The van der Waals surface area contributed by atoms with Crippen LogP contribution in [0.15, 0.2) is 30.7 Å². The van der Waals surface area contributed by atoms with Gasteiger partial charge in [0.05, 0.1) is 25.3 Å². The number of aromatic nitrogens is 3. The molecule has 2 aliphatic rings. The topological polar surface area (TPSA) is 72.3 Å². The quantitative estimate of drug-likeness (QED) is 0.758. The summed E-state index contributed by atoms with van der Waals surface area (Å²) in [5.41, 5.74) is 0.977. The highest BCUT2D eigenvalue weighted by Crippen LogP contribution is 2.26. The van der Waals surface area contributed by atoms with E-state index in [0.717, 1.165) is 56.2 Å². The van der Waals surface area contributed by atoms with Gasteiger partial charge in [0.25, 0.3) is 0 Å². The molecule has 162 valence electrons. The molecule has 30 heavy (non-hydrogen) atoms. The van der Waals surface area contributed by atoms with Crippen LogP contribution in [0.1, 0.15) is 43.6 Å². The van der Waals surface area contributed by atoms with Crippen molar-refractivity contribution in [2.45, 2.75) is 51.6 Å². The zero-order chi connectivity index (χ0) is 20.9. The molecule has 0 bridgehead atoms. The Kier molecular flexibility index (Phi) is 6.67. The third kappa shape index (κ3) is 5.39. The zero-order valence-electron chi connectivity index (χ0n) is 18.1. The van der Waals surface area contributed by atoms with Gasteiger partial charge in [-0.15, -0.1) is 0 Å². The van der Waals surface area contributed by atoms with Crippen molar-refractivity contribution >= 4 is 5.91 Å². The van der Waals surface area contributed by atoms with Crippen molar-refractivity contribution in [3.63, 3.8) is 0 Å². The number of ether oxygens (including phenoxy) is 1. The summed E-state index contributed by atoms with van der Waals surface area (Å²) < 4.78 is 8.07. The first kappa shape index (κ1) is 20.8. The van der Waals surface area contributed by atoms with Crippen molar-refractivity contribution in [1.29, 1.82) is 0 Å². The number of carbonyl (C=O) groups is 1. The molecule has 1 aliphatic carbocycles. The van der Waals surface area contributed by atoms with E-state index in [1.54, 1.807) is 6.20 Å². The molecule has 2 fully saturated rings. The lowest BCUT2D eigenvalue weighted by atomic mass is 9.88. The third-order valence-corrected chi connectivity index (χ3v) is 6.34. The number of aryl methyl sites for hydroxylation is 2. The Labute approximate surface area is 178 Å². The number of rotatable bonds is 7. The summed E-state index contributed by atoms with van der Waals surface area (Å²) in [6, 6.07) is 4.28. The SMILES string of the molecule is Cc1ccc(OC[C@H]2C[C@@H](C(=O)NC3CCCC3)CN(Cc3nccn3C)C2)cn1. The van der Waals surface area contributed by atoms with Crippen molar-refractivity contribution in [3.05, 3.63) is 42.2 Å². The van der Waals surface area contributed by atoms with Gasteiger partial charge < -0.3 is 14.6 Å². The number of nitrogens with one attached hydrogen (secondary N) is 1. The molecule has 2 aromatic rings. The molecule has 0 aromatic carbocycles. The molecule has 3 heterocycles. The maximum Gasteiger partial charge on any atom is 0.224 e. The summed E-state index contributed by atoms with van der Waals surface area (Å²) in [5.74, 6) is 2.29. The van der Waals surface area contributed by atoms with E-state index in [2.05, 4.69) is 20.2 Å². The molecule has 7 heteroatoms. The molecule has 1 saturated heterocycles. The van der Waals surface area contributed by atoms with E-state index in [4.69, 9.17) is 4.74 Å². The number of hydrogen-bond donors (Lipinski definition) is 1. The van der Waals surface area contributed by atoms with Crippen molar-refractivity contribution in [3.8, 4) is 5.75 Å². The molecule has 4 rings (SSSR count). The van der Waals surface area contributed by atoms with Crippen LogP contribution < -0.4 is 10.1 Å². The van der Waals surface area contributed by atoms with Crippen molar-refractivity contribution in [2.75, 3.05) is 19.7 Å². The molecular weight excluding hydrogens is 378 g/mol. The number of piperidine rings is 1. The molecule has 0 unspecified atom stereocenters. The Morgan fingerprint density at radius 2 is 2.07 bits per heavy atom. The normalized spacial score (nSPS) is 22.9. The highest BCUT2D eigenvalue weighted by Gasteiger charge is 2.33. The molecule has 1 amide bonds. The number of pyridine rings is 1. The lowest BCUT2D eigenvalue weighted by molar-refractivity contribution is -0.128. The maximum atomic E-state index is 13.0. The minimum Gasteiger partial charge on any atom is -0.492 e. The number of imidazole rings is 1. The fourth-order valence-corrected chi connectivity index (χ4v) is 4.63. The fraction of sp³-hybridized carbons (Fsp3) is 0.609. The highest BCUT2D eigenvalue weighted by atomic mass is 16.5. The molecular formula is C23H33N5O2. The average molecular weight is 412 g/mol. The molecule has 1 saturated carbocycles. The van der Waals surface area contributed by atoms with Crippen LogP contribution in [-0.4, -0.2) is 51.1 Å². The van der Waals surface area contributed by atoms with Crippen LogP contribution in [-0.2, 0) is 18.4 Å². The lowest BCUT2D eigenvalue weighted by Gasteiger charge is -2.37. The molecule has 2 aromatic heterocycles. The van der Waals surface area contributed by atoms with Gasteiger partial charge in [0, 0.05) is 50.2 Å². The second-order valence-corrected chi connectivity index (χ2v) is 8.88. The van der Waals surface area contributed by atoms with Crippen LogP contribution in [0.4, 0.5) is 0 Å². The van der Waals surface area contributed by atoms with Gasteiger partial charge in [-0.2, -0.15) is 0 Å². The predicted molar refractivity (Wildman–Crippen MR) is 115 cm³/mol. The zero-order valence-corrected chi connectivity index (χ0v) is 18.1. The van der Waals surface area contributed by atoms with Gasteiger partial charge in [0.1, 0.15) is 11.6 Å². The summed E-state index contributed by atoms with van der Waals surface area (Å²) in [4.78, 5) is 24.1. The average Bonchev–Trinajstić information content (AvgIpc) is 3.39. The first-order valence-corrected chi connectivity index (χ1v) is 11.1. The predicted octanol–water partition coefficient (Wildman–Crippen LogP) is 2.70. The molecule has 1 aliphatic heterocycles. The second-order valence-electron chi connectivity index (χ2n) is 8.88. The van der Waals surface area contributed by atoms with E-state index in [9.17, 15) is 4.79 Å². The van der Waals surface area contributed by atoms with E-state index < -0.39 is 0 Å². The second kappa shape index (κ2) is 9.60. The first-order chi connectivity index (χ1) is 14.6. The molecule has 7 nitrogen and oxygen atoms in total. The van der Waals surface area contributed by atoms with Crippen LogP contribution in [0, 0.1) is 18.8 Å². The number of carbonyl (C=O) groups excluding carboxylic acids is 1. The third-order valence-electron chi connectivity index (χ3n) is 6.34. The number of hydrogen-bond acceptors (Lipinski definition) is 5. The van der Waals surface area contributed by atoms with Crippen LogP contribution in [0.5, 0.6) is 5.75 Å². The summed E-state index contributed by atoms with van der Waals surface area (Å²) in [7, 11) is 2.02. The Morgan fingerprint density at radius 3 is 2.77 bits per heavy atom. The van der Waals surface area contributed by atoms with E-state index >= 15 is 0 Å². The monoisotopic (exact) mass is 411 g/mol. The van der Waals surface area contributed by atoms with Gasteiger partial charge in [-0.05, 0) is 38.3 Å². The number of likely N-dealkylation sites (tertiary alicyclic amines) is 1. The maximum absolute atomic E-state index is 13.0. The van der Waals surface area contributed by atoms with Crippen LogP contribution >= 0.6 is 0 Å². The Morgan fingerprint density at radius 1 is 1.23 bits per heavy atom. The van der Waals surface area contributed by atoms with Crippen molar-refractivity contribution in [1.82, 2.24) is 24.8 Å². The molecule has 0 spiro atoms. The molecule has 2 atom stereocenters. The molecule has 0 radical (unpaired) electrons. The summed E-state index contributed by atoms with van der Waals surface area (Å²) >= 11 is 0. The number of amides is 1. The largest absolute Gasteiger partial charge is 0.492 e.